The molecule has 0 radical (unpaired) electrons. The first-order valence-corrected chi connectivity index (χ1v) is 14.2. The van der Waals surface area contributed by atoms with E-state index in [1.54, 1.807) is 24.3 Å². The van der Waals surface area contributed by atoms with Gasteiger partial charge in [-0.15, -0.1) is 13.2 Å². The number of ether oxygens (including phenoxy) is 1. The first-order valence-electron chi connectivity index (χ1n) is 11.9. The minimum Gasteiger partial charge on any atom is -0.406 e. The molecule has 0 saturated heterocycles. The van der Waals surface area contributed by atoms with Crippen LogP contribution < -0.4 is 21.3 Å². The summed E-state index contributed by atoms with van der Waals surface area (Å²) in [5, 5.41) is 0.729. The van der Waals surface area contributed by atoms with Crippen molar-refractivity contribution >= 4 is 32.8 Å². The Hall–Kier alpha value is -4.14. The van der Waals surface area contributed by atoms with Crippen LogP contribution in [0.15, 0.2) is 77.8 Å². The summed E-state index contributed by atoms with van der Waals surface area (Å²) in [6.45, 7) is 1.46. The van der Waals surface area contributed by atoms with Crippen molar-refractivity contribution in [2.75, 3.05) is 11.3 Å². The van der Waals surface area contributed by atoms with Gasteiger partial charge in [-0.1, -0.05) is 29.8 Å². The molecule has 1 aromatic heterocycles. The van der Waals surface area contributed by atoms with Crippen LogP contribution in [0.2, 0.25) is 5.15 Å². The molecule has 0 amide bonds. The van der Waals surface area contributed by atoms with E-state index >= 15 is 0 Å². The molecule has 0 atom stereocenters. The van der Waals surface area contributed by atoms with E-state index in [9.17, 15) is 30.4 Å². The van der Waals surface area contributed by atoms with Crippen LogP contribution in [0.4, 0.5) is 27.6 Å². The summed E-state index contributed by atoms with van der Waals surface area (Å²) < 4.78 is 94.5. The molecule has 0 aliphatic heterocycles. The Labute approximate surface area is 242 Å². The molecule has 3 aromatic carbocycles. The minimum absolute atomic E-state index is 0.0639. The maximum absolute atomic E-state index is 13.6. The number of aryl methyl sites for hydroxylation is 1. The number of benzene rings is 3. The van der Waals surface area contributed by atoms with E-state index in [0.717, 1.165) is 29.6 Å². The van der Waals surface area contributed by atoms with E-state index < -0.39 is 34.1 Å². The van der Waals surface area contributed by atoms with Crippen LogP contribution in [0.25, 0.3) is 22.5 Å². The molecule has 8 nitrogen and oxygen atoms in total. The predicted molar refractivity (Wildman–Crippen MR) is 149 cm³/mol. The average Bonchev–Trinajstić information content (AvgIpc) is 3.22. The van der Waals surface area contributed by atoms with Crippen LogP contribution in [0.3, 0.4) is 0 Å². The fourth-order valence-electron chi connectivity index (χ4n) is 4.21. The molecule has 42 heavy (non-hydrogen) atoms. The van der Waals surface area contributed by atoms with Crippen LogP contribution in [-0.4, -0.2) is 30.6 Å². The fraction of sp³-hybridized carbons (Fsp3) is 0.148. The lowest BCUT2D eigenvalue weighted by atomic mass is 10.0. The van der Waals surface area contributed by atoms with Crippen LogP contribution >= 0.6 is 11.6 Å². The Morgan fingerprint density at radius 2 is 1.71 bits per heavy atom. The molecule has 1 heterocycles. The van der Waals surface area contributed by atoms with Gasteiger partial charge in [0.25, 0.3) is 6.43 Å². The Bertz CT molecular complexity index is 1760. The van der Waals surface area contributed by atoms with E-state index in [-0.39, 0.29) is 38.5 Å². The number of anilines is 1. The van der Waals surface area contributed by atoms with Gasteiger partial charge >= 0.3 is 6.36 Å². The van der Waals surface area contributed by atoms with Gasteiger partial charge in [-0.2, -0.15) is 0 Å². The van der Waals surface area contributed by atoms with Gasteiger partial charge in [0.1, 0.15) is 22.4 Å². The van der Waals surface area contributed by atoms with Crippen LogP contribution in [0.1, 0.15) is 23.5 Å². The lowest BCUT2D eigenvalue weighted by Gasteiger charge is -2.26. The molecule has 0 aliphatic carbocycles. The molecule has 222 valence electrons. The van der Waals surface area contributed by atoms with Crippen molar-refractivity contribution in [1.29, 1.82) is 0 Å². The fourth-order valence-corrected chi connectivity index (χ4v) is 5.21. The van der Waals surface area contributed by atoms with Crippen molar-refractivity contribution in [3.63, 3.8) is 0 Å². The van der Waals surface area contributed by atoms with Gasteiger partial charge in [0, 0.05) is 18.0 Å². The number of aromatic nitrogens is 2. The molecule has 0 bridgehead atoms. The van der Waals surface area contributed by atoms with Gasteiger partial charge in [0.2, 0.25) is 0 Å². The minimum atomic E-state index is -4.89. The zero-order chi connectivity index (χ0) is 31.0. The molecule has 0 saturated carbocycles. The highest BCUT2D eigenvalue weighted by molar-refractivity contribution is 7.90. The van der Waals surface area contributed by atoms with Crippen LogP contribution in [0.5, 0.6) is 5.75 Å². The number of imidazole rings is 1. The van der Waals surface area contributed by atoms with Gasteiger partial charge in [-0.3, -0.25) is 9.58 Å². The maximum atomic E-state index is 13.6. The largest absolute Gasteiger partial charge is 0.573 e. The number of hydrogen-bond donors (Lipinski definition) is 2. The molecule has 4 aromatic rings. The number of halogens is 6. The van der Waals surface area contributed by atoms with Crippen LogP contribution in [-0.2, 0) is 9.84 Å². The maximum Gasteiger partial charge on any atom is 0.573 e. The normalized spacial score (nSPS) is 12.6. The third kappa shape index (κ3) is 6.50. The molecule has 4 rings (SSSR count). The van der Waals surface area contributed by atoms with E-state index in [1.807, 2.05) is 0 Å². The Balaban J connectivity index is 1.89. The quantitative estimate of drug-likeness (QED) is 0.132. The average molecular weight is 628 g/mol. The third-order valence-electron chi connectivity index (χ3n) is 6.09. The summed E-state index contributed by atoms with van der Waals surface area (Å²) in [4.78, 5) is 3.94. The molecule has 0 fully saturated rings. The summed E-state index contributed by atoms with van der Waals surface area (Å²) in [6, 6.07) is 15.5. The van der Waals surface area contributed by atoms with Gasteiger partial charge < -0.3 is 10.5 Å². The molecular formula is C27H23ClF5N5O3S. The molecule has 0 unspecified atom stereocenters. The van der Waals surface area contributed by atoms with Gasteiger partial charge in [-0.05, 0) is 66.6 Å². The van der Waals surface area contributed by atoms with Crippen molar-refractivity contribution < 1.29 is 35.1 Å². The number of rotatable bonds is 8. The lowest BCUT2D eigenvalue weighted by Crippen LogP contribution is -2.31. The highest BCUT2D eigenvalue weighted by Crippen LogP contribution is 2.38. The van der Waals surface area contributed by atoms with Gasteiger partial charge in [0.15, 0.2) is 9.84 Å². The smallest absolute Gasteiger partial charge is 0.406 e. The summed E-state index contributed by atoms with van der Waals surface area (Å²) >= 11 is 6.31. The van der Waals surface area contributed by atoms with E-state index in [2.05, 4.69) is 9.72 Å². The number of hydrogen-bond acceptors (Lipinski definition) is 7. The highest BCUT2D eigenvalue weighted by Gasteiger charge is 2.31. The monoisotopic (exact) mass is 627 g/mol. The first kappa shape index (κ1) is 30.8. The molecule has 0 spiro atoms. The number of hydrazine groups is 1. The zero-order valence-corrected chi connectivity index (χ0v) is 23.5. The number of alkyl halides is 5. The summed E-state index contributed by atoms with van der Waals surface area (Å²) in [6.07, 6.45) is -5.69. The lowest BCUT2D eigenvalue weighted by molar-refractivity contribution is -0.274. The number of nitrogens with zero attached hydrogens (tertiary/aromatic N) is 3. The Kier molecular flexibility index (Phi) is 8.53. The topological polar surface area (TPSA) is 116 Å². The third-order valence-corrected chi connectivity index (χ3v) is 7.57. The van der Waals surface area contributed by atoms with E-state index in [4.69, 9.17) is 23.2 Å². The SMILES string of the molecule is Cc1nc(C(F)F)c(Cl)n1-c1ccc(-c2cccc(S(C)(=O)=O)c2)cc1N(N)/C(=C\N)c1ccc(OC(F)(F)F)cc1. The first-order chi connectivity index (χ1) is 19.6. The second-order valence-corrected chi connectivity index (χ2v) is 11.3. The Morgan fingerprint density at radius 3 is 2.26 bits per heavy atom. The van der Waals surface area contributed by atoms with Gasteiger partial charge in [0.05, 0.1) is 22.0 Å². The predicted octanol–water partition coefficient (Wildman–Crippen LogP) is 6.38. The summed E-state index contributed by atoms with van der Waals surface area (Å²) in [5.41, 5.74) is 6.98. The second-order valence-electron chi connectivity index (χ2n) is 8.97. The summed E-state index contributed by atoms with van der Waals surface area (Å²) in [7, 11) is -3.54. The molecular weight excluding hydrogens is 605 g/mol. The Morgan fingerprint density at radius 1 is 1.07 bits per heavy atom. The van der Waals surface area contributed by atoms with E-state index in [0.29, 0.717) is 11.1 Å². The highest BCUT2D eigenvalue weighted by atomic mass is 35.5. The second kappa shape index (κ2) is 11.6. The summed E-state index contributed by atoms with van der Waals surface area (Å²) in [5.74, 6) is 6.17. The van der Waals surface area contributed by atoms with E-state index in [1.165, 1.54) is 41.8 Å². The standard InChI is InChI=1S/C27H23ClF5N5O3S/c1-15-36-24(26(29)30)25(28)37(15)21-11-8-18(17-4-3-5-20(12-17)42(2,39)40)13-22(21)38(35)23(14-34)16-6-9-19(10-7-16)41-27(31,32)33/h3-14,26H,34-35H2,1-2H3/b23-14-. The van der Waals surface area contributed by atoms with Crippen molar-refractivity contribution in [1.82, 2.24) is 9.55 Å². The van der Waals surface area contributed by atoms with Crippen molar-refractivity contribution in [2.45, 2.75) is 24.6 Å². The molecule has 4 N–H and O–H groups in total. The molecule has 15 heteroatoms. The number of nitrogens with two attached hydrogens (primary N) is 2. The number of sulfone groups is 1. The molecule has 0 aliphatic rings. The van der Waals surface area contributed by atoms with Crippen molar-refractivity contribution in [2.24, 2.45) is 11.6 Å². The van der Waals surface area contributed by atoms with Crippen molar-refractivity contribution in [3.05, 3.63) is 95.2 Å². The van der Waals surface area contributed by atoms with Crippen LogP contribution in [0, 0.1) is 6.92 Å². The zero-order valence-electron chi connectivity index (χ0n) is 21.9. The van der Waals surface area contributed by atoms with Crippen molar-refractivity contribution in [3.8, 4) is 22.6 Å². The van der Waals surface area contributed by atoms with Gasteiger partial charge in [-0.25, -0.2) is 28.0 Å².